The van der Waals surface area contributed by atoms with Crippen molar-refractivity contribution in [3.05, 3.63) is 35.0 Å². The van der Waals surface area contributed by atoms with Gasteiger partial charge in [0.2, 0.25) is 11.1 Å². The van der Waals surface area contributed by atoms with E-state index in [0.29, 0.717) is 47.1 Å². The van der Waals surface area contributed by atoms with E-state index < -0.39 is 12.0 Å². The molecule has 0 saturated heterocycles. The molecule has 0 radical (unpaired) electrons. The summed E-state index contributed by atoms with van der Waals surface area (Å²) >= 11 is 1.55. The lowest BCUT2D eigenvalue weighted by atomic mass is 9.95. The standard InChI is InChI=1S/C19H22N4O4S/c1-4-28-19-21-18-20-11(2)15(17(24)25-3)16(23(18)22-19)12-6-7-13-14(10-12)27-9-5-8-26-13/h6-7,10,16H,4-5,8-9H2,1-3H3,(H,20,21,22). The van der Waals surface area contributed by atoms with E-state index in [-0.39, 0.29) is 0 Å². The van der Waals surface area contributed by atoms with Crippen molar-refractivity contribution < 1.29 is 19.0 Å². The number of allylic oxidation sites excluding steroid dienone is 1. The Hall–Kier alpha value is -2.68. The maximum atomic E-state index is 12.6. The minimum absolute atomic E-state index is 0.409. The van der Waals surface area contributed by atoms with Crippen LogP contribution < -0.4 is 14.8 Å². The van der Waals surface area contributed by atoms with Gasteiger partial charge in [-0.2, -0.15) is 4.98 Å². The molecular formula is C19H22N4O4S. The van der Waals surface area contributed by atoms with E-state index in [4.69, 9.17) is 14.2 Å². The lowest BCUT2D eigenvalue weighted by Crippen LogP contribution is -2.29. The Morgan fingerprint density at radius 3 is 2.89 bits per heavy atom. The fourth-order valence-corrected chi connectivity index (χ4v) is 3.91. The highest BCUT2D eigenvalue weighted by molar-refractivity contribution is 7.99. The third-order valence-electron chi connectivity index (χ3n) is 4.60. The summed E-state index contributed by atoms with van der Waals surface area (Å²) in [5, 5.41) is 8.45. The summed E-state index contributed by atoms with van der Waals surface area (Å²) in [6.07, 6.45) is 0.828. The highest BCUT2D eigenvalue weighted by Gasteiger charge is 2.35. The fraction of sp³-hybridized carbons (Fsp3) is 0.421. The van der Waals surface area contributed by atoms with Crippen LogP contribution in [0.5, 0.6) is 11.5 Å². The predicted molar refractivity (Wildman–Crippen MR) is 105 cm³/mol. The molecule has 0 fully saturated rings. The molecule has 148 valence electrons. The number of methoxy groups -OCH3 is 1. The van der Waals surface area contributed by atoms with Gasteiger partial charge in [-0.1, -0.05) is 24.8 Å². The van der Waals surface area contributed by atoms with E-state index in [1.807, 2.05) is 32.0 Å². The number of hydrogen-bond acceptors (Lipinski definition) is 8. The number of fused-ring (bicyclic) bond motifs is 2. The average Bonchev–Trinajstić information content (AvgIpc) is 2.93. The van der Waals surface area contributed by atoms with Gasteiger partial charge in [0, 0.05) is 12.1 Å². The number of benzene rings is 1. The predicted octanol–water partition coefficient (Wildman–Crippen LogP) is 3.01. The molecule has 9 heteroatoms. The van der Waals surface area contributed by atoms with Crippen molar-refractivity contribution in [3.8, 4) is 11.5 Å². The van der Waals surface area contributed by atoms with Crippen LogP contribution in [0, 0.1) is 0 Å². The first-order valence-electron chi connectivity index (χ1n) is 9.17. The SMILES string of the molecule is CCSc1nc2n(n1)C(c1ccc3c(c1)OCCCO3)C(C(=O)OC)=C(C)N2. The summed E-state index contributed by atoms with van der Waals surface area (Å²) in [7, 11) is 1.38. The van der Waals surface area contributed by atoms with Crippen molar-refractivity contribution in [2.45, 2.75) is 31.5 Å². The second-order valence-electron chi connectivity index (χ2n) is 6.41. The fourth-order valence-electron chi connectivity index (χ4n) is 3.35. The second kappa shape index (κ2) is 7.75. The molecule has 0 bridgehead atoms. The van der Waals surface area contributed by atoms with Crippen LogP contribution >= 0.6 is 11.8 Å². The highest BCUT2D eigenvalue weighted by Crippen LogP contribution is 2.40. The maximum absolute atomic E-state index is 12.6. The van der Waals surface area contributed by atoms with E-state index >= 15 is 0 Å². The number of ether oxygens (including phenoxy) is 3. The summed E-state index contributed by atoms with van der Waals surface area (Å²) in [5.74, 6) is 2.41. The van der Waals surface area contributed by atoms with Gasteiger partial charge in [-0.3, -0.25) is 0 Å². The number of rotatable bonds is 4. The molecule has 0 saturated carbocycles. The normalized spacial score (nSPS) is 18.2. The van der Waals surface area contributed by atoms with Gasteiger partial charge in [-0.15, -0.1) is 5.10 Å². The lowest BCUT2D eigenvalue weighted by Gasteiger charge is -2.28. The van der Waals surface area contributed by atoms with Crippen LogP contribution in [0.25, 0.3) is 0 Å². The first-order valence-corrected chi connectivity index (χ1v) is 10.2. The van der Waals surface area contributed by atoms with E-state index in [2.05, 4.69) is 15.4 Å². The number of esters is 1. The van der Waals surface area contributed by atoms with Crippen LogP contribution in [0.3, 0.4) is 0 Å². The number of nitrogens with zero attached hydrogens (tertiary/aromatic N) is 3. The summed E-state index contributed by atoms with van der Waals surface area (Å²) in [6, 6.07) is 5.24. The van der Waals surface area contributed by atoms with Gasteiger partial charge in [0.05, 0.1) is 25.9 Å². The Morgan fingerprint density at radius 2 is 2.14 bits per heavy atom. The summed E-state index contributed by atoms with van der Waals surface area (Å²) in [6.45, 7) is 5.10. The van der Waals surface area contributed by atoms with E-state index in [9.17, 15) is 4.79 Å². The number of carbonyl (C=O) groups excluding carboxylic acids is 1. The molecule has 4 rings (SSSR count). The summed E-state index contributed by atoms with van der Waals surface area (Å²) in [5.41, 5.74) is 2.03. The quantitative estimate of drug-likeness (QED) is 0.617. The Bertz CT molecular complexity index is 940. The van der Waals surface area contributed by atoms with Crippen LogP contribution in [0.15, 0.2) is 34.6 Å². The minimum Gasteiger partial charge on any atom is -0.490 e. The van der Waals surface area contributed by atoms with E-state index in [1.165, 1.54) is 7.11 Å². The van der Waals surface area contributed by atoms with Crippen LogP contribution in [0.2, 0.25) is 0 Å². The lowest BCUT2D eigenvalue weighted by molar-refractivity contribution is -0.136. The third-order valence-corrected chi connectivity index (χ3v) is 5.32. The van der Waals surface area contributed by atoms with Crippen LogP contribution in [-0.4, -0.2) is 46.8 Å². The number of carbonyl (C=O) groups is 1. The molecule has 2 aliphatic heterocycles. The molecule has 28 heavy (non-hydrogen) atoms. The molecule has 8 nitrogen and oxygen atoms in total. The first-order chi connectivity index (χ1) is 13.6. The number of nitrogens with one attached hydrogen (secondary N) is 1. The molecule has 1 aromatic carbocycles. The minimum atomic E-state index is -0.473. The number of thioether (sulfide) groups is 1. The zero-order chi connectivity index (χ0) is 19.7. The Kier molecular flexibility index (Phi) is 5.17. The van der Waals surface area contributed by atoms with E-state index in [0.717, 1.165) is 17.7 Å². The smallest absolute Gasteiger partial charge is 0.338 e. The highest BCUT2D eigenvalue weighted by atomic mass is 32.2. The van der Waals surface area contributed by atoms with Crippen molar-refractivity contribution in [3.63, 3.8) is 0 Å². The molecule has 1 N–H and O–H groups in total. The number of aromatic nitrogens is 3. The summed E-state index contributed by atoms with van der Waals surface area (Å²) < 4.78 is 18.4. The van der Waals surface area contributed by atoms with Gasteiger partial charge < -0.3 is 19.5 Å². The zero-order valence-electron chi connectivity index (χ0n) is 16.0. The third kappa shape index (κ3) is 3.30. The van der Waals surface area contributed by atoms with Crippen molar-refractivity contribution >= 4 is 23.7 Å². The van der Waals surface area contributed by atoms with Crippen LogP contribution in [0.1, 0.15) is 31.9 Å². The largest absolute Gasteiger partial charge is 0.490 e. The maximum Gasteiger partial charge on any atom is 0.338 e. The van der Waals surface area contributed by atoms with Gasteiger partial charge in [0.1, 0.15) is 6.04 Å². The van der Waals surface area contributed by atoms with Crippen molar-refractivity contribution in [2.24, 2.45) is 0 Å². The molecule has 1 atom stereocenters. The number of hydrogen-bond donors (Lipinski definition) is 1. The second-order valence-corrected chi connectivity index (χ2v) is 7.64. The van der Waals surface area contributed by atoms with Crippen molar-refractivity contribution in [1.82, 2.24) is 14.8 Å². The number of anilines is 1. The Labute approximate surface area is 167 Å². The molecular weight excluding hydrogens is 380 g/mol. The molecule has 0 spiro atoms. The van der Waals surface area contributed by atoms with Gasteiger partial charge in [0.15, 0.2) is 11.5 Å². The van der Waals surface area contributed by atoms with Gasteiger partial charge >= 0.3 is 5.97 Å². The zero-order valence-corrected chi connectivity index (χ0v) is 16.8. The molecule has 0 amide bonds. The molecule has 1 aromatic heterocycles. The van der Waals surface area contributed by atoms with Crippen LogP contribution in [-0.2, 0) is 9.53 Å². The molecule has 0 aliphatic carbocycles. The van der Waals surface area contributed by atoms with Crippen molar-refractivity contribution in [1.29, 1.82) is 0 Å². The monoisotopic (exact) mass is 402 g/mol. The molecule has 3 heterocycles. The van der Waals surface area contributed by atoms with Crippen molar-refractivity contribution in [2.75, 3.05) is 31.4 Å². The Morgan fingerprint density at radius 1 is 1.36 bits per heavy atom. The Balaban J connectivity index is 1.84. The summed E-state index contributed by atoms with van der Waals surface area (Å²) in [4.78, 5) is 17.2. The van der Waals surface area contributed by atoms with Gasteiger partial charge in [0.25, 0.3) is 0 Å². The van der Waals surface area contributed by atoms with Gasteiger partial charge in [-0.05, 0) is 30.4 Å². The molecule has 2 aliphatic rings. The topological polar surface area (TPSA) is 87.5 Å². The average molecular weight is 402 g/mol. The molecule has 2 aromatic rings. The first kappa shape index (κ1) is 18.7. The van der Waals surface area contributed by atoms with Gasteiger partial charge in [-0.25, -0.2) is 9.48 Å². The van der Waals surface area contributed by atoms with E-state index in [1.54, 1.807) is 16.4 Å². The molecule has 1 unspecified atom stereocenters. The van der Waals surface area contributed by atoms with Crippen LogP contribution in [0.4, 0.5) is 5.95 Å².